The van der Waals surface area contributed by atoms with Gasteiger partial charge in [-0.25, -0.2) is 4.79 Å². The Morgan fingerprint density at radius 1 is 0.933 bits per heavy atom. The van der Waals surface area contributed by atoms with Gasteiger partial charge < -0.3 is 33.6 Å². The summed E-state index contributed by atoms with van der Waals surface area (Å²) in [6.07, 6.45) is 5.46. The van der Waals surface area contributed by atoms with Gasteiger partial charge in [-0.3, -0.25) is 9.59 Å². The number of hydrogen-bond donors (Lipinski definition) is 2. The SMILES string of the molecule is CC1(C)OC2C3CCC4CC5(C)C(c6ccoc6CCCCCCCO)OC(=O)C6OC65C5(C)C(O)C(=O)C1C2(COC3=O)C45. The van der Waals surface area contributed by atoms with Gasteiger partial charge in [0.05, 0.1) is 29.8 Å². The van der Waals surface area contributed by atoms with Crippen LogP contribution in [0.15, 0.2) is 16.7 Å². The molecule has 12 atom stereocenters. The monoisotopic (exact) mass is 626 g/mol. The van der Waals surface area contributed by atoms with E-state index in [0.717, 1.165) is 43.4 Å². The van der Waals surface area contributed by atoms with Crippen molar-refractivity contribution in [3.8, 4) is 0 Å². The van der Waals surface area contributed by atoms with E-state index in [4.69, 9.17) is 28.5 Å². The van der Waals surface area contributed by atoms with Crippen LogP contribution in [0, 0.1) is 39.9 Å². The van der Waals surface area contributed by atoms with Crippen molar-refractivity contribution < 1.29 is 48.0 Å². The number of aliphatic hydroxyl groups is 2. The van der Waals surface area contributed by atoms with Crippen LogP contribution in [-0.4, -0.2) is 70.7 Å². The summed E-state index contributed by atoms with van der Waals surface area (Å²) in [5, 5.41) is 21.4. The van der Waals surface area contributed by atoms with E-state index in [1.807, 2.05) is 26.8 Å². The minimum atomic E-state index is -1.39. The molecule has 1 aromatic rings. The minimum absolute atomic E-state index is 0.00130. The van der Waals surface area contributed by atoms with Gasteiger partial charge in [-0.15, -0.1) is 0 Å². The molecule has 3 aliphatic carbocycles. The minimum Gasteiger partial charge on any atom is -0.469 e. The van der Waals surface area contributed by atoms with Gasteiger partial charge in [0.1, 0.15) is 30.2 Å². The summed E-state index contributed by atoms with van der Waals surface area (Å²) < 4.78 is 31.5. The molecule has 0 amide bonds. The number of furan rings is 1. The lowest BCUT2D eigenvalue weighted by Crippen LogP contribution is -2.77. The second-order valence-electron chi connectivity index (χ2n) is 16.0. The van der Waals surface area contributed by atoms with Gasteiger partial charge in [0, 0.05) is 34.8 Å². The highest BCUT2D eigenvalue weighted by molar-refractivity contribution is 5.92. The molecule has 246 valence electrons. The number of aliphatic hydroxyl groups excluding tert-OH is 2. The number of unbranched alkanes of at least 4 members (excludes halogenated alkanes) is 4. The van der Waals surface area contributed by atoms with Gasteiger partial charge in [-0.1, -0.05) is 33.1 Å². The van der Waals surface area contributed by atoms with Gasteiger partial charge in [0.25, 0.3) is 0 Å². The topological polar surface area (TPSA) is 145 Å². The Hall–Kier alpha value is -2.27. The highest BCUT2D eigenvalue weighted by atomic mass is 16.7. The third kappa shape index (κ3) is 3.47. The molecule has 2 N–H and O–H groups in total. The number of carbonyl (C=O) groups excluding carboxylic acids is 3. The number of Topliss-reactive ketones (excluding diaryl/α,β-unsaturated/α-hetero) is 1. The molecular formula is C35H46O10. The van der Waals surface area contributed by atoms with Crippen LogP contribution in [0.25, 0.3) is 0 Å². The molecule has 2 spiro atoms. The molecule has 12 unspecified atom stereocenters. The van der Waals surface area contributed by atoms with E-state index in [2.05, 4.69) is 6.92 Å². The summed E-state index contributed by atoms with van der Waals surface area (Å²) in [5.74, 6) is -1.71. The first-order chi connectivity index (χ1) is 21.4. The molecule has 8 rings (SSSR count). The van der Waals surface area contributed by atoms with Crippen molar-refractivity contribution in [2.45, 2.75) is 121 Å². The van der Waals surface area contributed by atoms with Crippen molar-refractivity contribution in [1.29, 1.82) is 0 Å². The maximum Gasteiger partial charge on any atom is 0.339 e. The predicted molar refractivity (Wildman–Crippen MR) is 156 cm³/mol. The van der Waals surface area contributed by atoms with Gasteiger partial charge >= 0.3 is 11.9 Å². The van der Waals surface area contributed by atoms with Crippen LogP contribution < -0.4 is 0 Å². The summed E-state index contributed by atoms with van der Waals surface area (Å²) in [4.78, 5) is 41.6. The maximum absolute atomic E-state index is 14.6. The molecule has 3 saturated carbocycles. The summed E-state index contributed by atoms with van der Waals surface area (Å²) in [5.41, 5.74) is -3.99. The van der Waals surface area contributed by atoms with E-state index >= 15 is 0 Å². The van der Waals surface area contributed by atoms with Crippen molar-refractivity contribution in [2.24, 2.45) is 39.9 Å². The number of hydrogen-bond acceptors (Lipinski definition) is 10. The average Bonchev–Trinajstić information content (AvgIpc) is 3.56. The van der Waals surface area contributed by atoms with E-state index in [1.165, 1.54) is 0 Å². The van der Waals surface area contributed by atoms with Gasteiger partial charge in [-0.05, 0) is 63.9 Å². The Morgan fingerprint density at radius 3 is 2.47 bits per heavy atom. The maximum atomic E-state index is 14.6. The van der Waals surface area contributed by atoms with Crippen molar-refractivity contribution in [3.05, 3.63) is 23.7 Å². The number of cyclic esters (lactones) is 2. The highest BCUT2D eigenvalue weighted by Crippen LogP contribution is 2.82. The lowest BCUT2D eigenvalue weighted by molar-refractivity contribution is -0.266. The second-order valence-corrected chi connectivity index (χ2v) is 16.0. The Morgan fingerprint density at radius 2 is 1.69 bits per heavy atom. The van der Waals surface area contributed by atoms with E-state index in [0.29, 0.717) is 25.7 Å². The molecule has 0 radical (unpaired) electrons. The molecule has 2 bridgehead atoms. The first kappa shape index (κ1) is 30.1. The van der Waals surface area contributed by atoms with Gasteiger partial charge in [0.2, 0.25) is 0 Å². The highest BCUT2D eigenvalue weighted by Gasteiger charge is 2.92. The molecule has 1 aromatic heterocycles. The average molecular weight is 627 g/mol. The van der Waals surface area contributed by atoms with Crippen LogP contribution in [0.1, 0.15) is 96.5 Å². The van der Waals surface area contributed by atoms with E-state index in [1.54, 1.807) is 6.26 Å². The van der Waals surface area contributed by atoms with Gasteiger partial charge in [0.15, 0.2) is 11.9 Å². The number of aryl methyl sites for hydroxylation is 1. The molecule has 10 heteroatoms. The lowest BCUT2D eigenvalue weighted by atomic mass is 9.34. The summed E-state index contributed by atoms with van der Waals surface area (Å²) >= 11 is 0. The number of ether oxygens (including phenoxy) is 4. The number of carbonyl (C=O) groups is 3. The molecule has 4 saturated heterocycles. The zero-order valence-corrected chi connectivity index (χ0v) is 26.7. The molecule has 4 aliphatic heterocycles. The smallest absolute Gasteiger partial charge is 0.339 e. The van der Waals surface area contributed by atoms with Gasteiger partial charge in [-0.2, -0.15) is 0 Å². The van der Waals surface area contributed by atoms with Crippen LogP contribution >= 0.6 is 0 Å². The molecular weight excluding hydrogens is 580 g/mol. The van der Waals surface area contributed by atoms with Crippen LogP contribution in [0.2, 0.25) is 0 Å². The van der Waals surface area contributed by atoms with E-state index < -0.39 is 69.7 Å². The Bertz CT molecular complexity index is 1430. The zero-order valence-electron chi connectivity index (χ0n) is 26.7. The molecule has 45 heavy (non-hydrogen) atoms. The van der Waals surface area contributed by atoms with E-state index in [9.17, 15) is 19.5 Å². The van der Waals surface area contributed by atoms with Crippen molar-refractivity contribution >= 4 is 17.7 Å². The Kier molecular flexibility index (Phi) is 6.45. The molecule has 7 aliphatic rings. The summed E-state index contributed by atoms with van der Waals surface area (Å²) in [6, 6.07) is 1.89. The van der Waals surface area contributed by atoms with Crippen molar-refractivity contribution in [1.82, 2.24) is 0 Å². The first-order valence-electron chi connectivity index (χ1n) is 17.0. The first-order valence-corrected chi connectivity index (χ1v) is 17.0. The fourth-order valence-electron chi connectivity index (χ4n) is 12.3. The summed E-state index contributed by atoms with van der Waals surface area (Å²) in [7, 11) is 0. The van der Waals surface area contributed by atoms with Crippen LogP contribution in [0.3, 0.4) is 0 Å². The van der Waals surface area contributed by atoms with Crippen LogP contribution in [-0.2, 0) is 39.8 Å². The summed E-state index contributed by atoms with van der Waals surface area (Å²) in [6.45, 7) is 8.11. The van der Waals surface area contributed by atoms with Crippen LogP contribution in [0.4, 0.5) is 0 Å². The molecule has 5 heterocycles. The third-order valence-electron chi connectivity index (χ3n) is 13.6. The fraction of sp³-hybridized carbons (Fsp3) is 0.800. The number of esters is 2. The van der Waals surface area contributed by atoms with E-state index in [-0.39, 0.29) is 36.8 Å². The van der Waals surface area contributed by atoms with Crippen molar-refractivity contribution in [3.63, 3.8) is 0 Å². The fourth-order valence-corrected chi connectivity index (χ4v) is 12.3. The molecule has 7 fully saturated rings. The van der Waals surface area contributed by atoms with Crippen LogP contribution in [0.5, 0.6) is 0 Å². The second kappa shape index (κ2) is 9.64. The normalized spacial score (nSPS) is 48.4. The lowest BCUT2D eigenvalue weighted by Gasteiger charge is -2.68. The predicted octanol–water partition coefficient (Wildman–Crippen LogP) is 3.84. The Labute approximate surface area is 263 Å². The van der Waals surface area contributed by atoms with Crippen molar-refractivity contribution in [2.75, 3.05) is 13.2 Å². The quantitative estimate of drug-likeness (QED) is 0.248. The number of epoxide rings is 1. The molecule has 10 nitrogen and oxygen atoms in total. The Balaban J connectivity index is 1.23. The third-order valence-corrected chi connectivity index (χ3v) is 13.6. The zero-order chi connectivity index (χ0) is 31.7. The molecule has 0 aromatic carbocycles. The number of rotatable bonds is 8. The largest absolute Gasteiger partial charge is 0.469 e. The number of ketones is 1. The standard InChI is InChI=1S/C35H46O10/c1-31(2)24-22(37)25(38)33(4)23-18(11-12-20-27(44-31)34(23,24)17-42-29(20)39)16-32(3)26(43-30(40)28-35(32,33)45-28)19-13-15-41-21(19)10-8-6-5-7-9-14-36/h13,15,18,20,23-28,36,38H,5-12,14,16-17H2,1-4H3.